The van der Waals surface area contributed by atoms with Crippen molar-refractivity contribution in [1.29, 1.82) is 0 Å². The number of benzene rings is 1. The number of hydrogen-bond donors (Lipinski definition) is 2. The SMILES string of the molecule is COc1cc(OC)cc(C(=O)OCC(=O)NNC(C)=O)c1. The molecule has 1 aromatic rings. The topological polar surface area (TPSA) is 103 Å². The molecule has 8 heteroatoms. The number of carbonyl (C=O) groups excluding carboxylic acids is 3. The molecule has 0 heterocycles. The molecule has 114 valence electrons. The molecule has 1 aromatic carbocycles. The summed E-state index contributed by atoms with van der Waals surface area (Å²) in [6.45, 7) is 0.702. The zero-order chi connectivity index (χ0) is 15.8. The third-order valence-electron chi connectivity index (χ3n) is 2.30. The van der Waals surface area contributed by atoms with Crippen LogP contribution in [0.3, 0.4) is 0 Å². The Kier molecular flexibility index (Phi) is 5.99. The largest absolute Gasteiger partial charge is 0.497 e. The lowest BCUT2D eigenvalue weighted by atomic mass is 10.2. The summed E-state index contributed by atoms with van der Waals surface area (Å²) >= 11 is 0. The summed E-state index contributed by atoms with van der Waals surface area (Å²) in [5.74, 6) is -0.973. The van der Waals surface area contributed by atoms with Crippen molar-refractivity contribution in [1.82, 2.24) is 10.9 Å². The molecule has 0 bridgehead atoms. The molecule has 0 spiro atoms. The van der Waals surface area contributed by atoms with Crippen LogP contribution in [0.25, 0.3) is 0 Å². The summed E-state index contributed by atoms with van der Waals surface area (Å²) in [5.41, 5.74) is 4.32. The second kappa shape index (κ2) is 7.73. The van der Waals surface area contributed by atoms with Gasteiger partial charge in [0.25, 0.3) is 5.91 Å². The first-order chi connectivity index (χ1) is 9.96. The standard InChI is InChI=1S/C13H16N2O6/c1-8(16)14-15-12(17)7-21-13(18)9-4-10(19-2)6-11(5-9)20-3/h4-6H,7H2,1-3H3,(H,14,16)(H,15,17). The van der Waals surface area contributed by atoms with Gasteiger partial charge in [-0.2, -0.15) is 0 Å². The summed E-state index contributed by atoms with van der Waals surface area (Å²) in [6.07, 6.45) is 0. The number of esters is 1. The number of amides is 2. The Labute approximate surface area is 121 Å². The van der Waals surface area contributed by atoms with Crippen LogP contribution in [0.1, 0.15) is 17.3 Å². The van der Waals surface area contributed by atoms with Crippen molar-refractivity contribution in [2.45, 2.75) is 6.92 Å². The number of ether oxygens (including phenoxy) is 3. The molecule has 0 unspecified atom stereocenters. The lowest BCUT2D eigenvalue weighted by Gasteiger charge is -2.09. The molecule has 0 aliphatic heterocycles. The molecular weight excluding hydrogens is 280 g/mol. The molecule has 0 radical (unpaired) electrons. The highest BCUT2D eigenvalue weighted by molar-refractivity contribution is 5.92. The maximum absolute atomic E-state index is 11.8. The third-order valence-corrected chi connectivity index (χ3v) is 2.30. The fraction of sp³-hybridized carbons (Fsp3) is 0.308. The maximum atomic E-state index is 11.8. The Bertz CT molecular complexity index is 521. The van der Waals surface area contributed by atoms with E-state index in [4.69, 9.17) is 14.2 Å². The van der Waals surface area contributed by atoms with Crippen LogP contribution in [0, 0.1) is 0 Å². The van der Waals surface area contributed by atoms with Crippen LogP contribution in [0.2, 0.25) is 0 Å². The molecule has 0 fully saturated rings. The molecule has 0 aliphatic rings. The van der Waals surface area contributed by atoms with E-state index >= 15 is 0 Å². The molecule has 0 aromatic heterocycles. The second-order valence-electron chi connectivity index (χ2n) is 3.91. The van der Waals surface area contributed by atoms with E-state index in [1.165, 1.54) is 33.3 Å². The molecule has 0 saturated carbocycles. The van der Waals surface area contributed by atoms with Crippen molar-refractivity contribution >= 4 is 17.8 Å². The molecule has 0 atom stereocenters. The zero-order valence-corrected chi connectivity index (χ0v) is 11.9. The van der Waals surface area contributed by atoms with Crippen molar-refractivity contribution in [3.05, 3.63) is 23.8 Å². The third kappa shape index (κ3) is 5.39. The van der Waals surface area contributed by atoms with Crippen LogP contribution in [0.4, 0.5) is 0 Å². The van der Waals surface area contributed by atoms with Gasteiger partial charge in [-0.3, -0.25) is 20.4 Å². The minimum atomic E-state index is -0.717. The quantitative estimate of drug-likeness (QED) is 0.587. The van der Waals surface area contributed by atoms with E-state index in [1.54, 1.807) is 6.07 Å². The van der Waals surface area contributed by atoms with Gasteiger partial charge < -0.3 is 14.2 Å². The van der Waals surface area contributed by atoms with Crippen molar-refractivity contribution in [3.8, 4) is 11.5 Å². The van der Waals surface area contributed by atoms with E-state index in [2.05, 4.69) is 10.9 Å². The Morgan fingerprint density at radius 1 is 1.00 bits per heavy atom. The van der Waals surface area contributed by atoms with Gasteiger partial charge in [0.15, 0.2) is 6.61 Å². The summed E-state index contributed by atoms with van der Waals surface area (Å²) < 4.78 is 14.9. The number of rotatable bonds is 5. The van der Waals surface area contributed by atoms with Crippen molar-refractivity contribution in [2.75, 3.05) is 20.8 Å². The van der Waals surface area contributed by atoms with Gasteiger partial charge in [0, 0.05) is 13.0 Å². The molecule has 21 heavy (non-hydrogen) atoms. The van der Waals surface area contributed by atoms with Crippen LogP contribution in [0.15, 0.2) is 18.2 Å². The summed E-state index contributed by atoms with van der Waals surface area (Å²) in [5, 5.41) is 0. The molecule has 2 N–H and O–H groups in total. The van der Waals surface area contributed by atoms with Crippen LogP contribution < -0.4 is 20.3 Å². The Hall–Kier alpha value is -2.77. The smallest absolute Gasteiger partial charge is 0.338 e. The van der Waals surface area contributed by atoms with E-state index in [0.717, 1.165) is 0 Å². The van der Waals surface area contributed by atoms with Gasteiger partial charge in [-0.15, -0.1) is 0 Å². The molecule has 0 saturated heterocycles. The normalized spacial score (nSPS) is 9.48. The number of methoxy groups -OCH3 is 2. The molecule has 8 nitrogen and oxygen atoms in total. The molecular formula is C13H16N2O6. The zero-order valence-electron chi connectivity index (χ0n) is 11.9. The van der Waals surface area contributed by atoms with Gasteiger partial charge in [-0.05, 0) is 12.1 Å². The van der Waals surface area contributed by atoms with E-state index in [0.29, 0.717) is 11.5 Å². The van der Waals surface area contributed by atoms with Crippen molar-refractivity contribution < 1.29 is 28.6 Å². The van der Waals surface area contributed by atoms with Crippen LogP contribution in [0.5, 0.6) is 11.5 Å². The van der Waals surface area contributed by atoms with E-state index in [9.17, 15) is 14.4 Å². The average molecular weight is 296 g/mol. The lowest BCUT2D eigenvalue weighted by molar-refractivity contribution is -0.129. The van der Waals surface area contributed by atoms with Gasteiger partial charge in [-0.25, -0.2) is 4.79 Å². The molecule has 0 aliphatic carbocycles. The monoisotopic (exact) mass is 296 g/mol. The summed E-state index contributed by atoms with van der Waals surface area (Å²) in [6, 6.07) is 4.51. The van der Waals surface area contributed by atoms with Gasteiger partial charge in [0.05, 0.1) is 19.8 Å². The van der Waals surface area contributed by atoms with Crippen LogP contribution in [-0.4, -0.2) is 38.6 Å². The first kappa shape index (κ1) is 16.3. The highest BCUT2D eigenvalue weighted by atomic mass is 16.5. The second-order valence-corrected chi connectivity index (χ2v) is 3.91. The predicted molar refractivity (Wildman–Crippen MR) is 71.8 cm³/mol. The highest BCUT2D eigenvalue weighted by Gasteiger charge is 2.13. The molecule has 2 amide bonds. The number of nitrogens with one attached hydrogen (secondary N) is 2. The minimum Gasteiger partial charge on any atom is -0.497 e. The van der Waals surface area contributed by atoms with Crippen LogP contribution in [-0.2, 0) is 14.3 Å². The Balaban J connectivity index is 2.63. The van der Waals surface area contributed by atoms with Crippen molar-refractivity contribution in [2.24, 2.45) is 0 Å². The number of carbonyl (C=O) groups is 3. The fourth-order valence-electron chi connectivity index (χ4n) is 1.33. The predicted octanol–water partition coefficient (Wildman–Crippen LogP) is 0.0279. The van der Waals surface area contributed by atoms with Gasteiger partial charge in [-0.1, -0.05) is 0 Å². The Morgan fingerprint density at radius 2 is 1.57 bits per heavy atom. The summed E-state index contributed by atoms with van der Waals surface area (Å²) in [4.78, 5) is 33.7. The minimum absolute atomic E-state index is 0.179. The fourth-order valence-corrected chi connectivity index (χ4v) is 1.33. The van der Waals surface area contributed by atoms with E-state index < -0.39 is 24.4 Å². The van der Waals surface area contributed by atoms with Gasteiger partial charge >= 0.3 is 5.97 Å². The first-order valence-corrected chi connectivity index (χ1v) is 5.92. The number of hydrazine groups is 1. The van der Waals surface area contributed by atoms with Crippen molar-refractivity contribution in [3.63, 3.8) is 0 Å². The number of hydrogen-bond acceptors (Lipinski definition) is 6. The first-order valence-electron chi connectivity index (χ1n) is 5.92. The average Bonchev–Trinajstić information content (AvgIpc) is 2.49. The Morgan fingerprint density at radius 3 is 2.05 bits per heavy atom. The van der Waals surface area contributed by atoms with Gasteiger partial charge in [0.2, 0.25) is 5.91 Å². The maximum Gasteiger partial charge on any atom is 0.338 e. The van der Waals surface area contributed by atoms with Crippen LogP contribution >= 0.6 is 0 Å². The lowest BCUT2D eigenvalue weighted by Crippen LogP contribution is -2.42. The summed E-state index contributed by atoms with van der Waals surface area (Å²) in [7, 11) is 2.90. The highest BCUT2D eigenvalue weighted by Crippen LogP contribution is 2.22. The van der Waals surface area contributed by atoms with E-state index in [1.807, 2.05) is 0 Å². The van der Waals surface area contributed by atoms with E-state index in [-0.39, 0.29) is 5.56 Å². The van der Waals surface area contributed by atoms with Gasteiger partial charge in [0.1, 0.15) is 11.5 Å². The molecule has 1 rings (SSSR count).